The van der Waals surface area contributed by atoms with Gasteiger partial charge < -0.3 is 9.22 Å². The third-order valence-electron chi connectivity index (χ3n) is 4.38. The van der Waals surface area contributed by atoms with Gasteiger partial charge in [0.05, 0.1) is 25.2 Å². The van der Waals surface area contributed by atoms with E-state index in [1.165, 1.54) is 32.4 Å². The number of rotatable bonds is 10. The second-order valence-electron chi connectivity index (χ2n) is 5.96. The van der Waals surface area contributed by atoms with E-state index >= 15 is 0 Å². The predicted octanol–water partition coefficient (Wildman–Crippen LogP) is 3.85. The van der Waals surface area contributed by atoms with Crippen molar-refractivity contribution in [2.24, 2.45) is 0 Å². The van der Waals surface area contributed by atoms with E-state index in [1.54, 1.807) is 0 Å². The van der Waals surface area contributed by atoms with Gasteiger partial charge in [0.2, 0.25) is 0 Å². The second-order valence-corrected chi connectivity index (χ2v) is 5.96. The Kier molecular flexibility index (Phi) is 8.36. The van der Waals surface area contributed by atoms with Crippen LogP contribution in [-0.4, -0.2) is 43.2 Å². The Bertz CT molecular complexity index is 373. The predicted molar refractivity (Wildman–Crippen MR) is 88.0 cm³/mol. The summed E-state index contributed by atoms with van der Waals surface area (Å²) in [7, 11) is 0. The molecule has 0 aromatic heterocycles. The van der Waals surface area contributed by atoms with Crippen LogP contribution in [0, 0.1) is 0 Å². The van der Waals surface area contributed by atoms with Crippen LogP contribution in [0.25, 0.3) is 0 Å². The number of hydrogen-bond acceptors (Lipinski definition) is 2. The third-order valence-corrected chi connectivity index (χ3v) is 4.38. The average molecular weight is 294 g/mol. The standard InChI is InChI=1S/C18H32NO2/c1-4-7-14-19(6-3,13-5-2)15-16-21-18(20)17-11-9-8-10-12-17/h9,11-12H,4-8,10,13-16H2,1-3H3/q+1/t19-/m0/s1. The van der Waals surface area contributed by atoms with Crippen LogP contribution in [0.1, 0.15) is 52.9 Å². The summed E-state index contributed by atoms with van der Waals surface area (Å²) in [5.74, 6) is -0.160. The maximum atomic E-state index is 12.0. The summed E-state index contributed by atoms with van der Waals surface area (Å²) < 4.78 is 6.57. The van der Waals surface area contributed by atoms with Gasteiger partial charge >= 0.3 is 5.97 Å². The molecule has 0 saturated carbocycles. The summed E-state index contributed by atoms with van der Waals surface area (Å²) in [6, 6.07) is 0. The number of carbonyl (C=O) groups excluding carboxylic acids is 1. The van der Waals surface area contributed by atoms with E-state index in [9.17, 15) is 4.79 Å². The van der Waals surface area contributed by atoms with Gasteiger partial charge in [-0.05, 0) is 32.6 Å². The molecule has 1 atom stereocenters. The number of ether oxygens (including phenoxy) is 1. The van der Waals surface area contributed by atoms with E-state index in [2.05, 4.69) is 20.8 Å². The molecule has 1 aliphatic rings. The largest absolute Gasteiger partial charge is 0.456 e. The van der Waals surface area contributed by atoms with Crippen LogP contribution in [0.15, 0.2) is 23.8 Å². The van der Waals surface area contributed by atoms with E-state index in [0.29, 0.717) is 6.61 Å². The third kappa shape index (κ3) is 6.04. The van der Waals surface area contributed by atoms with Crippen molar-refractivity contribution in [3.63, 3.8) is 0 Å². The number of nitrogens with zero attached hydrogens (tertiary/aromatic N) is 1. The first kappa shape index (κ1) is 18.0. The lowest BCUT2D eigenvalue weighted by Crippen LogP contribution is -2.51. The van der Waals surface area contributed by atoms with Crippen molar-refractivity contribution in [2.45, 2.75) is 52.9 Å². The highest BCUT2D eigenvalue weighted by Gasteiger charge is 2.24. The first-order valence-corrected chi connectivity index (χ1v) is 8.56. The zero-order chi connectivity index (χ0) is 15.6. The van der Waals surface area contributed by atoms with E-state index < -0.39 is 0 Å². The first-order valence-electron chi connectivity index (χ1n) is 8.56. The Balaban J connectivity index is 2.46. The molecule has 1 aliphatic carbocycles. The number of carbonyl (C=O) groups is 1. The SMILES string of the molecule is CCCC[N@+](CC)(CCC)CCOC(=O)C1=CCCC=C1. The first-order chi connectivity index (χ1) is 10.2. The maximum absolute atomic E-state index is 12.0. The Morgan fingerprint density at radius 3 is 2.52 bits per heavy atom. The Hall–Kier alpha value is -1.09. The normalized spacial score (nSPS) is 17.2. The lowest BCUT2D eigenvalue weighted by atomic mass is 10.1. The molecule has 0 aromatic rings. The minimum Gasteiger partial charge on any atom is -0.456 e. The zero-order valence-electron chi connectivity index (χ0n) is 14.1. The van der Waals surface area contributed by atoms with Gasteiger partial charge in [-0.3, -0.25) is 0 Å². The molecule has 0 bridgehead atoms. The number of unbranched alkanes of at least 4 members (excludes halogenated alkanes) is 1. The number of allylic oxidation sites excluding steroid dienone is 2. The molecule has 0 aliphatic heterocycles. The molecular formula is C18H32NO2+. The van der Waals surface area contributed by atoms with Gasteiger partial charge in [-0.15, -0.1) is 0 Å². The van der Waals surface area contributed by atoms with Crippen molar-refractivity contribution in [3.05, 3.63) is 23.8 Å². The summed E-state index contributed by atoms with van der Waals surface area (Å²) in [4.78, 5) is 12.0. The summed E-state index contributed by atoms with van der Waals surface area (Å²) in [5.41, 5.74) is 0.722. The molecule has 0 N–H and O–H groups in total. The molecule has 1 rings (SSSR count). The minimum absolute atomic E-state index is 0.160. The highest BCUT2D eigenvalue weighted by atomic mass is 16.5. The number of hydrogen-bond donors (Lipinski definition) is 0. The smallest absolute Gasteiger partial charge is 0.337 e. The summed E-state index contributed by atoms with van der Waals surface area (Å²) >= 11 is 0. The van der Waals surface area contributed by atoms with Crippen molar-refractivity contribution in [3.8, 4) is 0 Å². The van der Waals surface area contributed by atoms with Crippen LogP contribution in [0.5, 0.6) is 0 Å². The van der Waals surface area contributed by atoms with Gasteiger partial charge in [0.15, 0.2) is 0 Å². The van der Waals surface area contributed by atoms with Crippen LogP contribution in [0.2, 0.25) is 0 Å². The Labute approximate surface area is 130 Å². The molecule has 0 heterocycles. The van der Waals surface area contributed by atoms with E-state index in [4.69, 9.17) is 4.74 Å². The molecule has 0 amide bonds. The highest BCUT2D eigenvalue weighted by molar-refractivity contribution is 5.91. The fourth-order valence-electron chi connectivity index (χ4n) is 2.96. The molecule has 0 aromatic carbocycles. The maximum Gasteiger partial charge on any atom is 0.337 e. The molecule has 21 heavy (non-hydrogen) atoms. The molecule has 0 radical (unpaired) electrons. The summed E-state index contributed by atoms with van der Waals surface area (Å²) in [6.45, 7) is 11.7. The van der Waals surface area contributed by atoms with Crippen LogP contribution in [-0.2, 0) is 9.53 Å². The topological polar surface area (TPSA) is 26.3 Å². The van der Waals surface area contributed by atoms with Crippen molar-refractivity contribution in [1.82, 2.24) is 0 Å². The summed E-state index contributed by atoms with van der Waals surface area (Å²) in [5, 5.41) is 0. The minimum atomic E-state index is -0.160. The molecule has 3 nitrogen and oxygen atoms in total. The molecule has 0 saturated heterocycles. The fraction of sp³-hybridized carbons (Fsp3) is 0.722. The molecule has 0 spiro atoms. The monoisotopic (exact) mass is 294 g/mol. The molecule has 0 unspecified atom stereocenters. The van der Waals surface area contributed by atoms with Gasteiger partial charge in [0.25, 0.3) is 0 Å². The van der Waals surface area contributed by atoms with Gasteiger partial charge in [0.1, 0.15) is 13.2 Å². The van der Waals surface area contributed by atoms with Gasteiger partial charge in [-0.2, -0.15) is 0 Å². The molecular weight excluding hydrogens is 262 g/mol. The van der Waals surface area contributed by atoms with Gasteiger partial charge in [-0.25, -0.2) is 4.79 Å². The lowest BCUT2D eigenvalue weighted by molar-refractivity contribution is -0.926. The quantitative estimate of drug-likeness (QED) is 0.452. The molecule has 3 heteroatoms. The number of likely N-dealkylation sites (N-methyl/N-ethyl adjacent to an activating group) is 1. The van der Waals surface area contributed by atoms with E-state index in [1.807, 2.05) is 18.2 Å². The van der Waals surface area contributed by atoms with Crippen LogP contribution >= 0.6 is 0 Å². The van der Waals surface area contributed by atoms with Crippen LogP contribution in [0.4, 0.5) is 0 Å². The Morgan fingerprint density at radius 1 is 1.14 bits per heavy atom. The highest BCUT2D eigenvalue weighted by Crippen LogP contribution is 2.13. The zero-order valence-corrected chi connectivity index (χ0v) is 14.1. The second kappa shape index (κ2) is 9.78. The molecule has 0 fully saturated rings. The van der Waals surface area contributed by atoms with Crippen LogP contribution < -0.4 is 0 Å². The van der Waals surface area contributed by atoms with Gasteiger partial charge in [-0.1, -0.05) is 38.5 Å². The lowest BCUT2D eigenvalue weighted by Gasteiger charge is -2.37. The van der Waals surface area contributed by atoms with E-state index in [-0.39, 0.29) is 5.97 Å². The summed E-state index contributed by atoms with van der Waals surface area (Å²) in [6.07, 6.45) is 11.5. The average Bonchev–Trinajstić information content (AvgIpc) is 2.53. The van der Waals surface area contributed by atoms with E-state index in [0.717, 1.165) is 36.0 Å². The number of quaternary nitrogens is 1. The Morgan fingerprint density at radius 2 is 1.95 bits per heavy atom. The van der Waals surface area contributed by atoms with Crippen molar-refractivity contribution < 1.29 is 14.0 Å². The van der Waals surface area contributed by atoms with Crippen molar-refractivity contribution >= 4 is 5.97 Å². The molecule has 120 valence electrons. The van der Waals surface area contributed by atoms with Crippen molar-refractivity contribution in [1.29, 1.82) is 0 Å². The van der Waals surface area contributed by atoms with Crippen LogP contribution in [0.3, 0.4) is 0 Å². The fourth-order valence-corrected chi connectivity index (χ4v) is 2.96. The van der Waals surface area contributed by atoms with Gasteiger partial charge in [0, 0.05) is 0 Å². The van der Waals surface area contributed by atoms with Crippen molar-refractivity contribution in [2.75, 3.05) is 32.8 Å². The number of esters is 1.